The molecule has 6 heteroatoms. The highest BCUT2D eigenvalue weighted by atomic mass is 16.2. The van der Waals surface area contributed by atoms with Crippen LogP contribution in [-0.4, -0.2) is 28.8 Å². The Kier molecular flexibility index (Phi) is 7.11. The lowest BCUT2D eigenvalue weighted by molar-refractivity contribution is -0.118. The van der Waals surface area contributed by atoms with E-state index in [1.54, 1.807) is 30.0 Å². The molecule has 0 saturated carbocycles. The van der Waals surface area contributed by atoms with Gasteiger partial charge in [0.15, 0.2) is 0 Å². The average Bonchev–Trinajstić information content (AvgIpc) is 3.10. The predicted octanol–water partition coefficient (Wildman–Crippen LogP) is 2.91. The monoisotopic (exact) mass is 366 g/mol. The van der Waals surface area contributed by atoms with E-state index in [-0.39, 0.29) is 18.4 Å². The highest BCUT2D eigenvalue weighted by molar-refractivity contribution is 6.02. The molecule has 0 aliphatic rings. The smallest absolute Gasteiger partial charge is 0.253 e. The lowest BCUT2D eigenvalue weighted by Crippen LogP contribution is -2.38. The summed E-state index contributed by atoms with van der Waals surface area (Å²) in [6, 6.07) is 9.86. The van der Waals surface area contributed by atoms with Crippen LogP contribution < -0.4 is 10.6 Å². The lowest BCUT2D eigenvalue weighted by atomic mass is 10.1. The molecule has 2 rings (SSSR count). The van der Waals surface area contributed by atoms with Crippen LogP contribution in [0.15, 0.2) is 53.8 Å². The van der Waals surface area contributed by atoms with Gasteiger partial charge in [0.25, 0.3) is 5.91 Å². The van der Waals surface area contributed by atoms with Crippen molar-refractivity contribution in [1.82, 2.24) is 15.2 Å². The number of amides is 2. The Morgan fingerprint density at radius 3 is 2.63 bits per heavy atom. The summed E-state index contributed by atoms with van der Waals surface area (Å²) in [5.74, 6) is -0.131. The third kappa shape index (κ3) is 5.95. The van der Waals surface area contributed by atoms with E-state index in [0.717, 1.165) is 17.7 Å². The first kappa shape index (κ1) is 20.2. The normalized spacial score (nSPS) is 12.0. The molecule has 6 nitrogen and oxygen atoms in total. The number of nitrogens with one attached hydrogen (secondary N) is 2. The van der Waals surface area contributed by atoms with Gasteiger partial charge in [0.1, 0.15) is 5.84 Å². The van der Waals surface area contributed by atoms with Gasteiger partial charge in [-0.05, 0) is 38.0 Å². The summed E-state index contributed by atoms with van der Waals surface area (Å²) in [7, 11) is 1.83. The largest absolute Gasteiger partial charge is 0.356 e. The third-order valence-corrected chi connectivity index (χ3v) is 4.02. The van der Waals surface area contributed by atoms with Gasteiger partial charge < -0.3 is 15.2 Å². The molecule has 0 radical (unpaired) electrons. The van der Waals surface area contributed by atoms with Gasteiger partial charge in [0.05, 0.1) is 17.8 Å². The number of rotatable bonds is 6. The zero-order chi connectivity index (χ0) is 19.8. The second-order valence-electron chi connectivity index (χ2n) is 6.22. The quantitative estimate of drug-likeness (QED) is 0.609. The number of carbonyl (C=O) groups is 2. The lowest BCUT2D eigenvalue weighted by Gasteiger charge is -2.08. The fourth-order valence-corrected chi connectivity index (χ4v) is 2.60. The molecule has 1 aromatic carbocycles. The Labute approximate surface area is 160 Å². The van der Waals surface area contributed by atoms with Gasteiger partial charge in [-0.1, -0.05) is 31.2 Å². The van der Waals surface area contributed by atoms with Crippen LogP contribution in [0.2, 0.25) is 0 Å². The van der Waals surface area contributed by atoms with Gasteiger partial charge in [0, 0.05) is 25.0 Å². The summed E-state index contributed by atoms with van der Waals surface area (Å²) in [6.45, 7) is 5.63. The Bertz CT molecular complexity index is 878. The second-order valence-corrected chi connectivity index (χ2v) is 6.22. The van der Waals surface area contributed by atoms with E-state index in [4.69, 9.17) is 0 Å². The highest BCUT2D eigenvalue weighted by Gasteiger charge is 2.10. The molecule has 2 aromatic rings. The number of hydrogen-bond donors (Lipinski definition) is 2. The van der Waals surface area contributed by atoms with E-state index < -0.39 is 0 Å². The Hall–Kier alpha value is -3.15. The van der Waals surface area contributed by atoms with Crippen LogP contribution in [0.25, 0.3) is 5.70 Å². The van der Waals surface area contributed by atoms with Crippen molar-refractivity contribution in [2.24, 2.45) is 12.0 Å². The second kappa shape index (κ2) is 9.52. The first-order chi connectivity index (χ1) is 12.9. The number of amidine groups is 1. The van der Waals surface area contributed by atoms with Gasteiger partial charge in [-0.15, -0.1) is 0 Å². The van der Waals surface area contributed by atoms with Gasteiger partial charge in [-0.25, -0.2) is 4.99 Å². The maximum absolute atomic E-state index is 12.1. The van der Waals surface area contributed by atoms with Crippen molar-refractivity contribution < 1.29 is 9.59 Å². The number of nitrogens with zero attached hydrogens (tertiary/aromatic N) is 2. The van der Waals surface area contributed by atoms with Gasteiger partial charge in [0.2, 0.25) is 5.91 Å². The summed E-state index contributed by atoms with van der Waals surface area (Å²) < 4.78 is 1.78. The van der Waals surface area contributed by atoms with Crippen LogP contribution in [0.5, 0.6) is 0 Å². The predicted molar refractivity (Wildman–Crippen MR) is 108 cm³/mol. The number of aryl methyl sites for hydroxylation is 2. The minimum atomic E-state index is -0.321. The molecule has 27 heavy (non-hydrogen) atoms. The van der Waals surface area contributed by atoms with Gasteiger partial charge in [-0.3, -0.25) is 9.59 Å². The van der Waals surface area contributed by atoms with Crippen LogP contribution in [0.1, 0.15) is 42.3 Å². The number of benzene rings is 1. The molecule has 0 bridgehead atoms. The van der Waals surface area contributed by atoms with E-state index in [9.17, 15) is 9.59 Å². The van der Waals surface area contributed by atoms with Crippen molar-refractivity contribution >= 4 is 23.3 Å². The standard InChI is InChI=1S/C21H26N4O2/c1-5-16-8-7-9-17(12-16)19(6-2)23-15(3)24-20(26)13-22-21(27)18-10-11-25(4)14-18/h6-12,14H,5,13H2,1-4H3,(H,22,27)(H,23,24,26)/b19-6-. The molecule has 0 spiro atoms. The maximum Gasteiger partial charge on any atom is 0.253 e. The molecule has 0 fully saturated rings. The molecular weight excluding hydrogens is 340 g/mol. The molecule has 2 amide bonds. The molecule has 0 aliphatic carbocycles. The van der Waals surface area contributed by atoms with E-state index in [2.05, 4.69) is 34.7 Å². The van der Waals surface area contributed by atoms with Crippen LogP contribution in [0, 0.1) is 0 Å². The van der Waals surface area contributed by atoms with Crippen molar-refractivity contribution in [3.05, 3.63) is 65.5 Å². The van der Waals surface area contributed by atoms with Crippen LogP contribution in [-0.2, 0) is 18.3 Å². The molecule has 0 unspecified atom stereocenters. The molecule has 1 aromatic heterocycles. The minimum Gasteiger partial charge on any atom is -0.356 e. The number of aromatic nitrogens is 1. The third-order valence-electron chi connectivity index (χ3n) is 4.02. The molecule has 1 heterocycles. The first-order valence-corrected chi connectivity index (χ1v) is 8.93. The van der Waals surface area contributed by atoms with Crippen LogP contribution in [0.4, 0.5) is 0 Å². The average molecular weight is 366 g/mol. The summed E-state index contributed by atoms with van der Waals surface area (Å²) >= 11 is 0. The number of hydrogen-bond acceptors (Lipinski definition) is 3. The summed E-state index contributed by atoms with van der Waals surface area (Å²) in [6.07, 6.45) is 6.33. The molecular formula is C21H26N4O2. The van der Waals surface area contributed by atoms with E-state index >= 15 is 0 Å². The zero-order valence-electron chi connectivity index (χ0n) is 16.2. The maximum atomic E-state index is 12.1. The Balaban J connectivity index is 1.94. The van der Waals surface area contributed by atoms with E-state index in [0.29, 0.717) is 11.4 Å². The van der Waals surface area contributed by atoms with Crippen LogP contribution in [0.3, 0.4) is 0 Å². The summed E-state index contributed by atoms with van der Waals surface area (Å²) in [5, 5.41) is 5.30. The number of aliphatic imine (C=N–C) groups is 1. The van der Waals surface area contributed by atoms with Crippen LogP contribution >= 0.6 is 0 Å². The molecule has 2 N–H and O–H groups in total. The van der Waals surface area contributed by atoms with Crippen molar-refractivity contribution in [3.63, 3.8) is 0 Å². The number of allylic oxidation sites excluding steroid dienone is 1. The Morgan fingerprint density at radius 2 is 2.00 bits per heavy atom. The molecule has 142 valence electrons. The van der Waals surface area contributed by atoms with E-state index in [1.165, 1.54) is 5.56 Å². The SMILES string of the molecule is C/C=C(\N=C(C)NC(=O)CNC(=O)c1ccn(C)c1)c1cccc(CC)c1. The van der Waals surface area contributed by atoms with Crippen molar-refractivity contribution in [3.8, 4) is 0 Å². The zero-order valence-corrected chi connectivity index (χ0v) is 16.2. The van der Waals surface area contributed by atoms with E-state index in [1.807, 2.05) is 32.2 Å². The van der Waals surface area contributed by atoms with Gasteiger partial charge in [-0.2, -0.15) is 0 Å². The van der Waals surface area contributed by atoms with Crippen molar-refractivity contribution in [2.75, 3.05) is 6.54 Å². The molecule has 0 atom stereocenters. The first-order valence-electron chi connectivity index (χ1n) is 8.93. The minimum absolute atomic E-state index is 0.114. The Morgan fingerprint density at radius 1 is 1.22 bits per heavy atom. The summed E-state index contributed by atoms with van der Waals surface area (Å²) in [4.78, 5) is 28.5. The number of carbonyl (C=O) groups excluding carboxylic acids is 2. The highest BCUT2D eigenvalue weighted by Crippen LogP contribution is 2.17. The topological polar surface area (TPSA) is 75.5 Å². The van der Waals surface area contributed by atoms with Gasteiger partial charge >= 0.3 is 0 Å². The molecule has 0 aliphatic heterocycles. The van der Waals surface area contributed by atoms with Crippen molar-refractivity contribution in [1.29, 1.82) is 0 Å². The fourth-order valence-electron chi connectivity index (χ4n) is 2.60. The summed E-state index contributed by atoms with van der Waals surface area (Å²) in [5.41, 5.74) is 3.54. The molecule has 0 saturated heterocycles. The fraction of sp³-hybridized carbons (Fsp3) is 0.286. The van der Waals surface area contributed by atoms with Crippen molar-refractivity contribution in [2.45, 2.75) is 27.2 Å².